The van der Waals surface area contributed by atoms with Gasteiger partial charge >= 0.3 is 0 Å². The van der Waals surface area contributed by atoms with E-state index >= 15 is 0 Å². The molecule has 0 spiro atoms. The molecular weight excluding hydrogens is 120 g/mol. The summed E-state index contributed by atoms with van der Waals surface area (Å²) < 4.78 is 6.94. The lowest BCUT2D eigenvalue weighted by Crippen LogP contribution is -1.67. The highest BCUT2D eigenvalue weighted by atomic mass is 16.3. The van der Waals surface area contributed by atoms with E-state index in [1.165, 1.54) is 6.07 Å². The van der Waals surface area contributed by atoms with Crippen molar-refractivity contribution in [2.75, 3.05) is 0 Å². The number of benzene rings is 1. The van der Waals surface area contributed by atoms with Crippen molar-refractivity contribution in [2.24, 2.45) is 0 Å². The van der Waals surface area contributed by atoms with Crippen LogP contribution in [0.3, 0.4) is 0 Å². The van der Waals surface area contributed by atoms with Crippen molar-refractivity contribution in [1.82, 2.24) is 0 Å². The van der Waals surface area contributed by atoms with Crippen LogP contribution >= 0.6 is 0 Å². The Kier molecular flexibility index (Phi) is 0.926. The molecule has 0 fully saturated rings. The molecule has 0 unspecified atom stereocenters. The summed E-state index contributed by atoms with van der Waals surface area (Å²) in [7, 11) is 0. The van der Waals surface area contributed by atoms with Gasteiger partial charge in [-0.3, -0.25) is 0 Å². The molecule has 3 nitrogen and oxygen atoms in total. The lowest BCUT2D eigenvalue weighted by atomic mass is 10.3. The molecule has 0 aliphatic heterocycles. The molecule has 0 aromatic heterocycles. The third kappa shape index (κ3) is 0.887. The van der Waals surface area contributed by atoms with Crippen LogP contribution in [0.15, 0.2) is 18.2 Å². The lowest BCUT2D eigenvalue weighted by Gasteiger charge is -1.96. The van der Waals surface area contributed by atoms with Gasteiger partial charge in [0.15, 0.2) is 17.2 Å². The van der Waals surface area contributed by atoms with Gasteiger partial charge in [0.1, 0.15) is 0 Å². The number of hydrogen-bond donors (Lipinski definition) is 3. The molecule has 0 aliphatic rings. The molecule has 9 heavy (non-hydrogen) atoms. The third-order valence-corrected chi connectivity index (χ3v) is 0.928. The minimum atomic E-state index is -0.646. The second-order valence-electron chi connectivity index (χ2n) is 1.56. The standard InChI is InChI=1S/C6H6O3/c7-4-2-1-3-5(8)6(4)9/h1-3,7-9H/i2D. The average Bonchev–Trinajstić information content (AvgIpc) is 1.93. The van der Waals surface area contributed by atoms with Gasteiger partial charge in [-0.15, -0.1) is 0 Å². The molecule has 0 radical (unpaired) electrons. The molecule has 3 heteroatoms. The Morgan fingerprint density at radius 2 is 1.89 bits per heavy atom. The van der Waals surface area contributed by atoms with Gasteiger partial charge in [-0.05, 0) is 12.1 Å². The molecule has 0 heterocycles. The SMILES string of the molecule is [2H]c1ccc(O)c(O)c1O. The molecule has 0 atom stereocenters. The Morgan fingerprint density at radius 1 is 1.22 bits per heavy atom. The van der Waals surface area contributed by atoms with Crippen LogP contribution in [0.5, 0.6) is 17.2 Å². The number of hydrogen-bond acceptors (Lipinski definition) is 3. The first-order valence-electron chi connectivity index (χ1n) is 2.83. The summed E-state index contributed by atoms with van der Waals surface area (Å²) in [6, 6.07) is 2.11. The third-order valence-electron chi connectivity index (χ3n) is 0.928. The van der Waals surface area contributed by atoms with Crippen LogP contribution in [0, 0.1) is 0 Å². The van der Waals surface area contributed by atoms with E-state index in [0.717, 1.165) is 6.07 Å². The normalized spacial score (nSPS) is 10.9. The molecule has 0 amide bonds. The van der Waals surface area contributed by atoms with E-state index in [0.29, 0.717) is 0 Å². The van der Waals surface area contributed by atoms with Gasteiger partial charge in [0.05, 0.1) is 1.37 Å². The summed E-state index contributed by atoms with van der Waals surface area (Å²) in [5, 5.41) is 26.3. The number of aromatic hydroxyl groups is 3. The van der Waals surface area contributed by atoms with Gasteiger partial charge in [-0.1, -0.05) is 6.07 Å². The molecule has 0 aliphatic carbocycles. The van der Waals surface area contributed by atoms with Crippen molar-refractivity contribution >= 4 is 0 Å². The Morgan fingerprint density at radius 3 is 2.44 bits per heavy atom. The van der Waals surface area contributed by atoms with Crippen LogP contribution in [-0.2, 0) is 0 Å². The van der Waals surface area contributed by atoms with Crippen molar-refractivity contribution in [1.29, 1.82) is 0 Å². The molecule has 0 bridgehead atoms. The van der Waals surface area contributed by atoms with Crippen LogP contribution in [0.4, 0.5) is 0 Å². The Balaban J connectivity index is 3.34. The zero-order valence-corrected chi connectivity index (χ0v) is 4.50. The fourth-order valence-electron chi connectivity index (χ4n) is 0.468. The number of phenolic OH excluding ortho intramolecular Hbond substituents is 3. The largest absolute Gasteiger partial charge is 0.504 e. The first-order valence-corrected chi connectivity index (χ1v) is 2.33. The van der Waals surface area contributed by atoms with E-state index in [4.69, 9.17) is 16.7 Å². The van der Waals surface area contributed by atoms with Crippen LogP contribution in [0.2, 0.25) is 0 Å². The summed E-state index contributed by atoms with van der Waals surface area (Å²) in [6.07, 6.45) is 0. The second kappa shape index (κ2) is 1.85. The summed E-state index contributed by atoms with van der Waals surface area (Å²) in [4.78, 5) is 0. The zero-order chi connectivity index (χ0) is 7.72. The highest BCUT2D eigenvalue weighted by Crippen LogP contribution is 2.32. The maximum absolute atomic E-state index is 8.79. The minimum Gasteiger partial charge on any atom is -0.504 e. The summed E-state index contributed by atoms with van der Waals surface area (Å²) >= 11 is 0. The average molecular weight is 127 g/mol. The van der Waals surface area contributed by atoms with Crippen molar-refractivity contribution < 1.29 is 16.7 Å². The summed E-state index contributed by atoms with van der Waals surface area (Å²) in [5.41, 5.74) is 0. The van der Waals surface area contributed by atoms with Gasteiger partial charge in [0, 0.05) is 0 Å². The molecule has 1 aromatic rings. The topological polar surface area (TPSA) is 60.7 Å². The van der Waals surface area contributed by atoms with E-state index in [2.05, 4.69) is 0 Å². The van der Waals surface area contributed by atoms with Crippen LogP contribution in [-0.4, -0.2) is 15.3 Å². The predicted molar refractivity (Wildman–Crippen MR) is 31.4 cm³/mol. The Labute approximate surface area is 53.2 Å². The van der Waals surface area contributed by atoms with E-state index in [1.54, 1.807) is 0 Å². The van der Waals surface area contributed by atoms with Crippen molar-refractivity contribution in [3.8, 4) is 17.2 Å². The molecule has 1 aromatic carbocycles. The smallest absolute Gasteiger partial charge is 0.200 e. The predicted octanol–water partition coefficient (Wildman–Crippen LogP) is 0.803. The van der Waals surface area contributed by atoms with Gasteiger partial charge < -0.3 is 15.3 Å². The van der Waals surface area contributed by atoms with Gasteiger partial charge in [-0.25, -0.2) is 0 Å². The maximum Gasteiger partial charge on any atom is 0.200 e. The van der Waals surface area contributed by atoms with Gasteiger partial charge in [0.25, 0.3) is 0 Å². The maximum atomic E-state index is 8.79. The Bertz CT molecular complexity index is 232. The van der Waals surface area contributed by atoms with Crippen molar-refractivity contribution in [3.63, 3.8) is 0 Å². The number of rotatable bonds is 0. The highest BCUT2D eigenvalue weighted by molar-refractivity contribution is 5.47. The molecule has 1 rings (SSSR count). The van der Waals surface area contributed by atoms with Crippen molar-refractivity contribution in [3.05, 3.63) is 18.2 Å². The number of phenols is 3. The molecule has 0 saturated heterocycles. The molecule has 48 valence electrons. The summed E-state index contributed by atoms with van der Waals surface area (Å²) in [5.74, 6) is -1.67. The first kappa shape index (κ1) is 4.49. The zero-order valence-electron chi connectivity index (χ0n) is 5.50. The molecule has 3 N–H and O–H groups in total. The lowest BCUT2D eigenvalue weighted by molar-refractivity contribution is 0.368. The van der Waals surface area contributed by atoms with Gasteiger partial charge in [-0.2, -0.15) is 0 Å². The fraction of sp³-hybridized carbons (Fsp3) is 0. The Hall–Kier alpha value is -1.38. The quantitative estimate of drug-likeness (QED) is 0.452. The van der Waals surface area contributed by atoms with E-state index in [1.807, 2.05) is 0 Å². The van der Waals surface area contributed by atoms with Crippen LogP contribution in [0.1, 0.15) is 1.37 Å². The highest BCUT2D eigenvalue weighted by Gasteiger charge is 2.00. The van der Waals surface area contributed by atoms with E-state index in [-0.39, 0.29) is 6.04 Å². The van der Waals surface area contributed by atoms with Crippen LogP contribution in [0.25, 0.3) is 0 Å². The second-order valence-corrected chi connectivity index (χ2v) is 1.56. The minimum absolute atomic E-state index is 0.213. The van der Waals surface area contributed by atoms with E-state index < -0.39 is 17.2 Å². The molecule has 0 saturated carbocycles. The van der Waals surface area contributed by atoms with Crippen LogP contribution < -0.4 is 0 Å². The fourth-order valence-corrected chi connectivity index (χ4v) is 0.468. The first-order chi connectivity index (χ1) is 4.63. The monoisotopic (exact) mass is 127 g/mol. The van der Waals surface area contributed by atoms with E-state index in [9.17, 15) is 0 Å². The van der Waals surface area contributed by atoms with Gasteiger partial charge in [0.2, 0.25) is 0 Å². The number of para-hydroxylation sites is 1. The molecular formula is C6H6O3. The van der Waals surface area contributed by atoms with Crippen molar-refractivity contribution in [2.45, 2.75) is 0 Å². The summed E-state index contributed by atoms with van der Waals surface area (Å²) in [6.45, 7) is 0.